The summed E-state index contributed by atoms with van der Waals surface area (Å²) in [5.41, 5.74) is 7.75. The van der Waals surface area contributed by atoms with Crippen molar-refractivity contribution in [3.8, 4) is 0 Å². The van der Waals surface area contributed by atoms with Gasteiger partial charge in [-0.15, -0.1) is 12.4 Å². The molecule has 0 aliphatic rings. The first-order valence-corrected chi connectivity index (χ1v) is 4.51. The van der Waals surface area contributed by atoms with Crippen molar-refractivity contribution < 1.29 is 0 Å². The lowest BCUT2D eigenvalue weighted by Crippen LogP contribution is -2.10. The second kappa shape index (κ2) is 4.44. The monoisotopic (exact) mass is 211 g/mol. The molecule has 4 heteroatoms. The molecule has 0 saturated carbocycles. The highest BCUT2D eigenvalue weighted by atomic mass is 35.5. The molecule has 1 atom stereocenters. The second-order valence-electron chi connectivity index (χ2n) is 3.17. The largest absolute Gasteiger partial charge is 0.346 e. The number of nitrogens with zero attached hydrogens (tertiary/aromatic N) is 1. The number of halogens is 1. The predicted molar refractivity (Wildman–Crippen MR) is 60.6 cm³/mol. The summed E-state index contributed by atoms with van der Waals surface area (Å²) in [6, 6.07) is 6.09. The van der Waals surface area contributed by atoms with Crippen LogP contribution in [0.2, 0.25) is 0 Å². The van der Waals surface area contributed by atoms with Gasteiger partial charge in [-0.1, -0.05) is 6.92 Å². The van der Waals surface area contributed by atoms with Gasteiger partial charge >= 0.3 is 0 Å². The van der Waals surface area contributed by atoms with Gasteiger partial charge in [-0.2, -0.15) is 0 Å². The van der Waals surface area contributed by atoms with E-state index >= 15 is 0 Å². The number of hydrogen-bond donors (Lipinski definition) is 2. The van der Waals surface area contributed by atoms with Gasteiger partial charge < -0.3 is 10.7 Å². The van der Waals surface area contributed by atoms with Gasteiger partial charge in [0.15, 0.2) is 0 Å². The third kappa shape index (κ3) is 1.89. The molecule has 0 bridgehead atoms. The topological polar surface area (TPSA) is 54.7 Å². The smallest absolute Gasteiger partial charge is 0.137 e. The number of rotatable bonds is 2. The van der Waals surface area contributed by atoms with Crippen molar-refractivity contribution in [1.82, 2.24) is 9.97 Å². The summed E-state index contributed by atoms with van der Waals surface area (Å²) in [7, 11) is 0. The molecular formula is C10H14ClN3. The molecular weight excluding hydrogens is 198 g/mol. The third-order valence-corrected chi connectivity index (χ3v) is 2.25. The molecule has 0 saturated heterocycles. The molecule has 0 aromatic carbocycles. The lowest BCUT2D eigenvalue weighted by Gasteiger charge is -2.06. The molecule has 0 radical (unpaired) electrons. The normalized spacial score (nSPS) is 12.4. The number of aromatic nitrogens is 2. The van der Waals surface area contributed by atoms with E-state index in [1.807, 2.05) is 24.4 Å². The number of fused-ring (bicyclic) bond motifs is 1. The number of nitrogens with two attached hydrogens (primary N) is 1. The van der Waals surface area contributed by atoms with Crippen LogP contribution in [0.4, 0.5) is 0 Å². The fourth-order valence-corrected chi connectivity index (χ4v) is 1.36. The van der Waals surface area contributed by atoms with Crippen molar-refractivity contribution in [3.05, 3.63) is 30.1 Å². The van der Waals surface area contributed by atoms with Crippen LogP contribution in [0.15, 0.2) is 24.4 Å². The molecule has 2 heterocycles. The zero-order valence-corrected chi connectivity index (χ0v) is 8.84. The van der Waals surface area contributed by atoms with E-state index in [1.165, 1.54) is 0 Å². The first kappa shape index (κ1) is 11.0. The van der Waals surface area contributed by atoms with Gasteiger partial charge in [-0.25, -0.2) is 4.98 Å². The molecule has 14 heavy (non-hydrogen) atoms. The maximum Gasteiger partial charge on any atom is 0.137 e. The van der Waals surface area contributed by atoms with Crippen molar-refractivity contribution in [1.29, 1.82) is 0 Å². The second-order valence-corrected chi connectivity index (χ2v) is 3.17. The van der Waals surface area contributed by atoms with Crippen molar-refractivity contribution in [2.45, 2.75) is 19.4 Å². The fourth-order valence-electron chi connectivity index (χ4n) is 1.36. The van der Waals surface area contributed by atoms with Crippen molar-refractivity contribution in [2.24, 2.45) is 5.73 Å². The van der Waals surface area contributed by atoms with E-state index < -0.39 is 0 Å². The van der Waals surface area contributed by atoms with E-state index in [-0.39, 0.29) is 18.4 Å². The number of aromatic amines is 1. The van der Waals surface area contributed by atoms with Gasteiger partial charge in [0.25, 0.3) is 0 Å². The van der Waals surface area contributed by atoms with E-state index in [0.717, 1.165) is 23.1 Å². The summed E-state index contributed by atoms with van der Waals surface area (Å²) < 4.78 is 0. The molecule has 2 aromatic rings. The average molecular weight is 212 g/mol. The van der Waals surface area contributed by atoms with Crippen molar-refractivity contribution in [2.75, 3.05) is 0 Å². The van der Waals surface area contributed by atoms with Gasteiger partial charge in [0.2, 0.25) is 0 Å². The highest BCUT2D eigenvalue weighted by Crippen LogP contribution is 2.15. The van der Waals surface area contributed by atoms with Crippen LogP contribution in [0.3, 0.4) is 0 Å². The molecule has 0 unspecified atom stereocenters. The number of pyridine rings is 1. The minimum Gasteiger partial charge on any atom is -0.346 e. The van der Waals surface area contributed by atoms with Crippen LogP contribution in [0.25, 0.3) is 11.0 Å². The third-order valence-electron chi connectivity index (χ3n) is 2.25. The lowest BCUT2D eigenvalue weighted by molar-refractivity contribution is 0.678. The summed E-state index contributed by atoms with van der Waals surface area (Å²) in [6.45, 7) is 2.06. The van der Waals surface area contributed by atoms with Crippen molar-refractivity contribution in [3.63, 3.8) is 0 Å². The van der Waals surface area contributed by atoms with E-state index in [9.17, 15) is 0 Å². The zero-order chi connectivity index (χ0) is 9.26. The van der Waals surface area contributed by atoms with Crippen LogP contribution in [0, 0.1) is 0 Å². The molecule has 0 aliphatic heterocycles. The van der Waals surface area contributed by atoms with Crippen molar-refractivity contribution >= 4 is 23.4 Å². The predicted octanol–water partition coefficient (Wildman–Crippen LogP) is 2.39. The molecule has 3 nitrogen and oxygen atoms in total. The van der Waals surface area contributed by atoms with Gasteiger partial charge in [0.05, 0.1) is 5.69 Å². The van der Waals surface area contributed by atoms with Crippen LogP contribution in [-0.4, -0.2) is 9.97 Å². The van der Waals surface area contributed by atoms with Crippen LogP contribution in [0.1, 0.15) is 25.1 Å². The van der Waals surface area contributed by atoms with Crippen LogP contribution >= 0.6 is 12.4 Å². The minimum atomic E-state index is 0. The highest BCUT2D eigenvalue weighted by Gasteiger charge is 2.05. The Morgan fingerprint density at radius 2 is 2.21 bits per heavy atom. The highest BCUT2D eigenvalue weighted by molar-refractivity contribution is 5.85. The lowest BCUT2D eigenvalue weighted by atomic mass is 10.1. The Kier molecular flexibility index (Phi) is 3.49. The van der Waals surface area contributed by atoms with E-state index in [4.69, 9.17) is 5.73 Å². The summed E-state index contributed by atoms with van der Waals surface area (Å²) in [5.74, 6) is 0. The standard InChI is InChI=1S/C10H13N3.ClH/c1-2-8(11)9-4-3-7-5-6-12-10(7)13-9;/h3-6,8H,2,11H2,1H3,(H,12,13);1H/t8-;/m0./s1. The summed E-state index contributed by atoms with van der Waals surface area (Å²) in [5, 5.41) is 1.13. The van der Waals surface area contributed by atoms with Gasteiger partial charge in [-0.3, -0.25) is 0 Å². The molecule has 3 N–H and O–H groups in total. The molecule has 76 valence electrons. The Bertz CT molecular complexity index is 410. The Hall–Kier alpha value is -1.06. The maximum atomic E-state index is 5.88. The molecule has 2 rings (SSSR count). The fraction of sp³-hybridized carbons (Fsp3) is 0.300. The molecule has 0 fully saturated rings. The summed E-state index contributed by atoms with van der Waals surface area (Å²) >= 11 is 0. The van der Waals surface area contributed by atoms with E-state index in [1.54, 1.807) is 0 Å². The Morgan fingerprint density at radius 3 is 2.93 bits per heavy atom. The molecule has 0 spiro atoms. The average Bonchev–Trinajstić information content (AvgIpc) is 2.63. The Balaban J connectivity index is 0.000000980. The molecule has 0 aliphatic carbocycles. The summed E-state index contributed by atoms with van der Waals surface area (Å²) in [6.07, 6.45) is 2.80. The van der Waals surface area contributed by atoms with Crippen LogP contribution in [-0.2, 0) is 0 Å². The molecule has 2 aromatic heterocycles. The maximum absolute atomic E-state index is 5.88. The Morgan fingerprint density at radius 1 is 1.43 bits per heavy atom. The Labute approximate surface area is 89.1 Å². The number of hydrogen-bond acceptors (Lipinski definition) is 2. The van der Waals surface area contributed by atoms with Gasteiger partial charge in [-0.05, 0) is 24.6 Å². The number of nitrogens with one attached hydrogen (secondary N) is 1. The van der Waals surface area contributed by atoms with E-state index in [2.05, 4.69) is 16.9 Å². The first-order valence-electron chi connectivity index (χ1n) is 4.51. The SMILES string of the molecule is CC[C@H](N)c1ccc2cc[nH]c2n1.Cl. The zero-order valence-electron chi connectivity index (χ0n) is 8.03. The quantitative estimate of drug-likeness (QED) is 0.802. The molecule has 0 amide bonds. The first-order chi connectivity index (χ1) is 6.31. The van der Waals surface area contributed by atoms with Crippen LogP contribution in [0.5, 0.6) is 0 Å². The summed E-state index contributed by atoms with van der Waals surface area (Å²) in [4.78, 5) is 7.50. The number of H-pyrrole nitrogens is 1. The van der Waals surface area contributed by atoms with E-state index in [0.29, 0.717) is 0 Å². The minimum absolute atomic E-state index is 0. The van der Waals surface area contributed by atoms with Gasteiger partial charge in [0.1, 0.15) is 5.65 Å². The van der Waals surface area contributed by atoms with Gasteiger partial charge in [0, 0.05) is 17.6 Å². The van der Waals surface area contributed by atoms with Crippen LogP contribution < -0.4 is 5.73 Å².